The van der Waals surface area contributed by atoms with Crippen molar-refractivity contribution < 1.29 is 27.9 Å². The van der Waals surface area contributed by atoms with Gasteiger partial charge < -0.3 is 14.9 Å². The third-order valence-electron chi connectivity index (χ3n) is 7.45. The van der Waals surface area contributed by atoms with Gasteiger partial charge in [-0.2, -0.15) is 4.72 Å². The molecular weight excluding hydrogens is 544 g/mol. The highest BCUT2D eigenvalue weighted by molar-refractivity contribution is 7.89. The topological polar surface area (TPSA) is 127 Å². The number of nitrogens with one attached hydrogen (secondary N) is 1. The van der Waals surface area contributed by atoms with Crippen LogP contribution in [0.5, 0.6) is 0 Å². The van der Waals surface area contributed by atoms with E-state index in [1.807, 2.05) is 20.8 Å². The lowest BCUT2D eigenvalue weighted by Gasteiger charge is -2.44. The summed E-state index contributed by atoms with van der Waals surface area (Å²) in [4.78, 5) is 43.0. The highest BCUT2D eigenvalue weighted by Crippen LogP contribution is 2.27. The van der Waals surface area contributed by atoms with Gasteiger partial charge in [0.1, 0.15) is 12.1 Å². The molecule has 2 saturated heterocycles. The molecule has 1 unspecified atom stereocenters. The van der Waals surface area contributed by atoms with Crippen molar-refractivity contribution in [2.24, 2.45) is 0 Å². The predicted octanol–water partition coefficient (Wildman–Crippen LogP) is 3.53. The Hall–Kier alpha value is -2.89. The summed E-state index contributed by atoms with van der Waals surface area (Å²) in [5.74, 6) is -0.730. The van der Waals surface area contributed by atoms with Crippen LogP contribution in [0.25, 0.3) is 10.8 Å². The van der Waals surface area contributed by atoms with Gasteiger partial charge in [0, 0.05) is 30.2 Å². The minimum atomic E-state index is -3.99. The van der Waals surface area contributed by atoms with Crippen molar-refractivity contribution >= 4 is 50.3 Å². The predicted molar refractivity (Wildman–Crippen MR) is 148 cm³/mol. The van der Waals surface area contributed by atoms with E-state index >= 15 is 0 Å². The molecular formula is C27H35ClN4O6S. The van der Waals surface area contributed by atoms with Gasteiger partial charge in [-0.05, 0) is 82.0 Å². The first-order valence-electron chi connectivity index (χ1n) is 13.0. The zero-order valence-corrected chi connectivity index (χ0v) is 24.1. The summed E-state index contributed by atoms with van der Waals surface area (Å²) < 4.78 is 28.7. The number of likely N-dealkylation sites (tertiary alicyclic amines) is 2. The summed E-state index contributed by atoms with van der Waals surface area (Å²) in [6, 6.07) is 7.68. The summed E-state index contributed by atoms with van der Waals surface area (Å²) in [6.45, 7) is 8.05. The summed E-state index contributed by atoms with van der Waals surface area (Å²) in [6.07, 6.45) is 0.501. The quantitative estimate of drug-likeness (QED) is 0.540. The molecule has 2 aromatic carbocycles. The van der Waals surface area contributed by atoms with E-state index in [2.05, 4.69) is 4.72 Å². The fourth-order valence-electron chi connectivity index (χ4n) is 5.57. The van der Waals surface area contributed by atoms with Gasteiger partial charge in [0.05, 0.1) is 10.9 Å². The molecule has 39 heavy (non-hydrogen) atoms. The number of hydrogen-bond donors (Lipinski definition) is 2. The van der Waals surface area contributed by atoms with E-state index in [9.17, 15) is 27.9 Å². The van der Waals surface area contributed by atoms with Gasteiger partial charge in [0.2, 0.25) is 21.8 Å². The lowest BCUT2D eigenvalue weighted by atomic mass is 9.97. The number of fused-ring (bicyclic) bond motifs is 1. The van der Waals surface area contributed by atoms with Crippen LogP contribution in [0, 0.1) is 0 Å². The molecule has 3 atom stereocenters. The zero-order chi connectivity index (χ0) is 28.7. The number of benzene rings is 2. The number of sulfonamides is 1. The number of amides is 3. The van der Waals surface area contributed by atoms with Gasteiger partial charge in [-0.3, -0.25) is 14.5 Å². The second-order valence-corrected chi connectivity index (χ2v) is 13.4. The minimum absolute atomic E-state index is 0.0360. The van der Waals surface area contributed by atoms with Crippen LogP contribution in [0.2, 0.25) is 5.02 Å². The first-order valence-corrected chi connectivity index (χ1v) is 14.9. The Labute approximate surface area is 233 Å². The molecule has 10 nitrogen and oxygen atoms in total. The maximum absolute atomic E-state index is 13.4. The van der Waals surface area contributed by atoms with Crippen molar-refractivity contribution in [3.63, 3.8) is 0 Å². The molecule has 0 saturated carbocycles. The largest absolute Gasteiger partial charge is 0.465 e. The Morgan fingerprint density at radius 1 is 1.10 bits per heavy atom. The molecule has 2 aliphatic rings. The summed E-state index contributed by atoms with van der Waals surface area (Å²) in [5.41, 5.74) is -0.623. The highest BCUT2D eigenvalue weighted by Gasteiger charge is 2.42. The van der Waals surface area contributed by atoms with E-state index < -0.39 is 39.6 Å². The average molecular weight is 579 g/mol. The van der Waals surface area contributed by atoms with Gasteiger partial charge in [-0.25, -0.2) is 13.2 Å². The average Bonchev–Trinajstić information content (AvgIpc) is 3.20. The van der Waals surface area contributed by atoms with Crippen LogP contribution in [-0.2, 0) is 19.6 Å². The molecule has 0 bridgehead atoms. The number of halogens is 1. The molecule has 212 valence electrons. The molecule has 0 aliphatic carbocycles. The second kappa shape index (κ2) is 10.9. The van der Waals surface area contributed by atoms with Gasteiger partial charge >= 0.3 is 6.09 Å². The first-order chi connectivity index (χ1) is 18.2. The Kier molecular flexibility index (Phi) is 8.16. The number of hydrogen-bond acceptors (Lipinski definition) is 5. The van der Waals surface area contributed by atoms with Crippen molar-refractivity contribution in [2.45, 2.75) is 75.5 Å². The fourth-order valence-corrected chi connectivity index (χ4v) is 7.01. The monoisotopic (exact) mass is 578 g/mol. The Bertz CT molecular complexity index is 1390. The van der Waals surface area contributed by atoms with Gasteiger partial charge in [-0.1, -0.05) is 23.7 Å². The van der Waals surface area contributed by atoms with Gasteiger partial charge in [-0.15, -0.1) is 0 Å². The maximum atomic E-state index is 13.4. The first kappa shape index (κ1) is 29.1. The lowest BCUT2D eigenvalue weighted by Crippen LogP contribution is -2.59. The molecule has 4 rings (SSSR count). The number of carbonyl (C=O) groups is 3. The van der Waals surface area contributed by atoms with Crippen LogP contribution in [0.1, 0.15) is 47.0 Å². The Morgan fingerprint density at radius 2 is 1.77 bits per heavy atom. The highest BCUT2D eigenvalue weighted by atomic mass is 35.5. The van der Waals surface area contributed by atoms with Gasteiger partial charge in [0.25, 0.3) is 0 Å². The zero-order valence-electron chi connectivity index (χ0n) is 22.6. The SMILES string of the molecule is C[C@@H](C(=O)N1CCCC(N(C(=O)O)C(C)(C)C)C1)N1CC[C@H](NS(=O)(=O)c2ccc3cc(Cl)ccc3c2)C1=O. The molecule has 2 heterocycles. The smallest absolute Gasteiger partial charge is 0.408 e. The Morgan fingerprint density at radius 3 is 2.44 bits per heavy atom. The lowest BCUT2D eigenvalue weighted by molar-refractivity contribution is -0.144. The molecule has 2 aliphatic heterocycles. The molecule has 0 spiro atoms. The standard InChI is InChI=1S/C27H35ClN4O6S/c1-17(24(33)30-12-5-6-21(16-30)32(26(35)36)27(2,3)4)31-13-11-23(25(31)34)29-39(37,38)22-10-8-18-14-20(28)9-7-19(18)15-22/h7-10,14-15,17,21,23,29H,5-6,11-13,16H2,1-4H3,(H,35,36)/t17-,21?,23-/m0/s1. The maximum Gasteiger partial charge on any atom is 0.408 e. The van der Waals surface area contributed by atoms with Crippen LogP contribution in [0.15, 0.2) is 41.3 Å². The molecule has 2 aromatic rings. The molecule has 2 fully saturated rings. The third-order valence-corrected chi connectivity index (χ3v) is 9.15. The van der Waals surface area contributed by atoms with Crippen LogP contribution in [-0.4, -0.2) is 89.4 Å². The van der Waals surface area contributed by atoms with Crippen molar-refractivity contribution in [3.8, 4) is 0 Å². The fraction of sp³-hybridized carbons (Fsp3) is 0.519. The van der Waals surface area contributed by atoms with Crippen molar-refractivity contribution in [2.75, 3.05) is 19.6 Å². The molecule has 2 N–H and O–H groups in total. The number of piperidine rings is 1. The van der Waals surface area contributed by atoms with E-state index in [4.69, 9.17) is 11.6 Å². The van der Waals surface area contributed by atoms with E-state index in [0.717, 1.165) is 5.39 Å². The normalized spacial score (nSPS) is 21.3. The molecule has 3 amide bonds. The third kappa shape index (κ3) is 6.15. The minimum Gasteiger partial charge on any atom is -0.465 e. The van der Waals surface area contributed by atoms with Crippen LogP contribution in [0.4, 0.5) is 4.79 Å². The Balaban J connectivity index is 1.43. The molecule has 12 heteroatoms. The van der Waals surface area contributed by atoms with Gasteiger partial charge in [0.15, 0.2) is 0 Å². The van der Waals surface area contributed by atoms with Crippen LogP contribution >= 0.6 is 11.6 Å². The van der Waals surface area contributed by atoms with Crippen LogP contribution < -0.4 is 4.72 Å². The number of rotatable bonds is 6. The van der Waals surface area contributed by atoms with Crippen molar-refractivity contribution in [3.05, 3.63) is 41.4 Å². The van der Waals surface area contributed by atoms with E-state index in [1.54, 1.807) is 36.1 Å². The second-order valence-electron chi connectivity index (χ2n) is 11.2. The summed E-state index contributed by atoms with van der Waals surface area (Å²) in [7, 11) is -3.99. The van der Waals surface area contributed by atoms with E-state index in [-0.39, 0.29) is 36.4 Å². The van der Waals surface area contributed by atoms with E-state index in [1.165, 1.54) is 21.9 Å². The van der Waals surface area contributed by atoms with Crippen molar-refractivity contribution in [1.29, 1.82) is 0 Å². The van der Waals surface area contributed by atoms with Crippen LogP contribution in [0.3, 0.4) is 0 Å². The van der Waals surface area contributed by atoms with Crippen molar-refractivity contribution in [1.82, 2.24) is 19.4 Å². The summed E-state index contributed by atoms with van der Waals surface area (Å²) >= 11 is 6.01. The number of nitrogens with zero attached hydrogens (tertiary/aromatic N) is 3. The number of carboxylic acid groups (broad SMARTS) is 1. The molecule has 0 aromatic heterocycles. The van der Waals surface area contributed by atoms with E-state index in [0.29, 0.717) is 29.8 Å². The molecule has 0 radical (unpaired) electrons. The number of carbonyl (C=O) groups excluding carboxylic acids is 2. The summed E-state index contributed by atoms with van der Waals surface area (Å²) in [5, 5.41) is 11.8.